The number of hydrogen-bond donors (Lipinski definition) is 0. The molecule has 0 saturated carbocycles. The largest absolute Gasteiger partial charge is 0.453 e. The van der Waals surface area contributed by atoms with Gasteiger partial charge in [-0.3, -0.25) is 14.5 Å². The molecule has 0 spiro atoms. The number of carbonyl (C=O) groups is 2. The molecule has 0 aliphatic heterocycles. The number of nitrogens with zero attached hydrogens (tertiary/aromatic N) is 1. The molecule has 2 atom stereocenters. The Morgan fingerprint density at radius 3 is 1.71 bits per heavy atom. The van der Waals surface area contributed by atoms with Gasteiger partial charge in [-0.2, -0.15) is 0 Å². The molecule has 100 valence electrons. The first-order valence-electron chi connectivity index (χ1n) is 6.05. The van der Waals surface area contributed by atoms with Crippen LogP contribution in [-0.4, -0.2) is 42.9 Å². The predicted molar refractivity (Wildman–Crippen MR) is 67.7 cm³/mol. The van der Waals surface area contributed by atoms with E-state index < -0.39 is 6.10 Å². The van der Waals surface area contributed by atoms with Crippen LogP contribution in [0.15, 0.2) is 0 Å². The lowest BCUT2D eigenvalue weighted by Crippen LogP contribution is -2.44. The van der Waals surface area contributed by atoms with Crippen molar-refractivity contribution in [2.75, 3.05) is 14.1 Å². The van der Waals surface area contributed by atoms with Gasteiger partial charge in [-0.25, -0.2) is 0 Å². The van der Waals surface area contributed by atoms with Crippen LogP contribution in [0.1, 0.15) is 34.6 Å². The Hall–Kier alpha value is -0.900. The van der Waals surface area contributed by atoms with Gasteiger partial charge in [0.2, 0.25) is 0 Å². The number of likely N-dealkylation sites (N-methyl/N-ethyl adjacent to an activating group) is 1. The molecular weight excluding hydrogens is 218 g/mol. The highest BCUT2D eigenvalue weighted by molar-refractivity contribution is 5.85. The molecule has 0 rings (SSSR count). The molecule has 0 aliphatic rings. The number of Topliss-reactive ketones (excluding diaryl/α,β-unsaturated/α-hetero) is 1. The predicted octanol–water partition coefficient (Wildman–Crippen LogP) is 1.73. The summed E-state index contributed by atoms with van der Waals surface area (Å²) in [5.74, 6) is -0.266. The van der Waals surface area contributed by atoms with Crippen molar-refractivity contribution in [3.63, 3.8) is 0 Å². The number of rotatable bonds is 6. The third kappa shape index (κ3) is 4.86. The molecule has 0 aromatic carbocycles. The molecule has 0 radical (unpaired) electrons. The van der Waals surface area contributed by atoms with Crippen LogP contribution in [0.3, 0.4) is 0 Å². The number of esters is 1. The fraction of sp³-hybridized carbons (Fsp3) is 0.846. The van der Waals surface area contributed by atoms with Crippen molar-refractivity contribution >= 4 is 11.8 Å². The number of ketones is 1. The lowest BCUT2D eigenvalue weighted by Gasteiger charge is -2.28. The zero-order chi connectivity index (χ0) is 13.7. The maximum atomic E-state index is 12.0. The number of hydrogen-bond acceptors (Lipinski definition) is 4. The summed E-state index contributed by atoms with van der Waals surface area (Å²) in [6.45, 7) is 9.13. The zero-order valence-corrected chi connectivity index (χ0v) is 12.0. The second-order valence-corrected chi connectivity index (χ2v) is 5.36. The van der Waals surface area contributed by atoms with Crippen molar-refractivity contribution in [1.29, 1.82) is 0 Å². The van der Waals surface area contributed by atoms with E-state index in [0.29, 0.717) is 0 Å². The van der Waals surface area contributed by atoms with E-state index in [1.807, 2.05) is 46.7 Å². The molecule has 0 heterocycles. The minimum absolute atomic E-state index is 0.00595. The van der Waals surface area contributed by atoms with Crippen LogP contribution >= 0.6 is 0 Å². The lowest BCUT2D eigenvalue weighted by atomic mass is 10.0. The highest BCUT2D eigenvalue weighted by Crippen LogP contribution is 2.14. The topological polar surface area (TPSA) is 46.6 Å². The lowest BCUT2D eigenvalue weighted by molar-refractivity contribution is -0.163. The van der Waals surface area contributed by atoms with E-state index in [1.165, 1.54) is 6.92 Å². The molecule has 4 nitrogen and oxygen atoms in total. The zero-order valence-electron chi connectivity index (χ0n) is 12.0. The Kier molecular flexibility index (Phi) is 6.39. The van der Waals surface area contributed by atoms with Crippen molar-refractivity contribution in [3.05, 3.63) is 0 Å². The molecule has 0 N–H and O–H groups in total. The van der Waals surface area contributed by atoms with Gasteiger partial charge < -0.3 is 4.74 Å². The van der Waals surface area contributed by atoms with Crippen LogP contribution in [0.25, 0.3) is 0 Å². The van der Waals surface area contributed by atoms with Crippen LogP contribution < -0.4 is 0 Å². The quantitative estimate of drug-likeness (QED) is 0.667. The SMILES string of the molecule is CC(=O)[C@@H](OC(=O)[C@H](C(C)C)N(C)C)C(C)C. The average molecular weight is 243 g/mol. The summed E-state index contributed by atoms with van der Waals surface area (Å²) < 4.78 is 5.33. The summed E-state index contributed by atoms with van der Waals surface area (Å²) in [6, 6.07) is -0.310. The number of ether oxygens (including phenoxy) is 1. The van der Waals surface area contributed by atoms with Crippen LogP contribution in [0.5, 0.6) is 0 Å². The molecule has 0 unspecified atom stereocenters. The van der Waals surface area contributed by atoms with Gasteiger partial charge >= 0.3 is 5.97 Å². The molecule has 0 aromatic heterocycles. The van der Waals surface area contributed by atoms with E-state index in [1.54, 1.807) is 0 Å². The van der Waals surface area contributed by atoms with E-state index >= 15 is 0 Å². The maximum Gasteiger partial charge on any atom is 0.324 e. The van der Waals surface area contributed by atoms with Crippen LogP contribution in [0, 0.1) is 11.8 Å². The van der Waals surface area contributed by atoms with E-state index in [0.717, 1.165) is 0 Å². The summed E-state index contributed by atoms with van der Waals surface area (Å²) >= 11 is 0. The first-order chi connectivity index (χ1) is 7.68. The van der Waals surface area contributed by atoms with Gasteiger partial charge in [0.1, 0.15) is 6.04 Å². The van der Waals surface area contributed by atoms with E-state index in [-0.39, 0.29) is 29.6 Å². The fourth-order valence-electron chi connectivity index (χ4n) is 1.96. The molecule has 0 amide bonds. The van der Waals surface area contributed by atoms with Gasteiger partial charge in [0.25, 0.3) is 0 Å². The number of carbonyl (C=O) groups excluding carboxylic acids is 2. The first kappa shape index (κ1) is 16.1. The van der Waals surface area contributed by atoms with Crippen molar-refractivity contribution < 1.29 is 14.3 Å². The van der Waals surface area contributed by atoms with Crippen molar-refractivity contribution in [1.82, 2.24) is 4.90 Å². The van der Waals surface area contributed by atoms with Crippen LogP contribution in [0.2, 0.25) is 0 Å². The highest BCUT2D eigenvalue weighted by atomic mass is 16.5. The van der Waals surface area contributed by atoms with E-state index in [2.05, 4.69) is 0 Å². The van der Waals surface area contributed by atoms with Gasteiger partial charge in [-0.05, 0) is 32.9 Å². The van der Waals surface area contributed by atoms with Crippen LogP contribution in [0.4, 0.5) is 0 Å². The standard InChI is InChI=1S/C13H25NO3/c1-8(2)11(14(6)7)13(16)17-12(9(3)4)10(5)15/h8-9,11-12H,1-7H3/t11-,12-/m0/s1. The molecule has 0 saturated heterocycles. The van der Waals surface area contributed by atoms with Crippen molar-refractivity contribution in [3.8, 4) is 0 Å². The van der Waals surface area contributed by atoms with E-state index in [4.69, 9.17) is 4.74 Å². The second kappa shape index (κ2) is 6.74. The van der Waals surface area contributed by atoms with Gasteiger partial charge in [0.05, 0.1) is 0 Å². The summed E-state index contributed by atoms with van der Waals surface area (Å²) in [5.41, 5.74) is 0. The third-order valence-electron chi connectivity index (χ3n) is 2.68. The normalized spacial score (nSPS) is 15.2. The summed E-state index contributed by atoms with van der Waals surface area (Å²) in [5, 5.41) is 0. The van der Waals surface area contributed by atoms with Crippen LogP contribution in [-0.2, 0) is 14.3 Å². The van der Waals surface area contributed by atoms with Crippen molar-refractivity contribution in [2.24, 2.45) is 11.8 Å². The molecule has 4 heteroatoms. The first-order valence-corrected chi connectivity index (χ1v) is 6.05. The van der Waals surface area contributed by atoms with Gasteiger partial charge in [-0.1, -0.05) is 27.7 Å². The highest BCUT2D eigenvalue weighted by Gasteiger charge is 2.30. The molecule has 0 bridgehead atoms. The minimum atomic E-state index is -0.635. The monoisotopic (exact) mass is 243 g/mol. The Balaban J connectivity index is 4.75. The molecule has 0 fully saturated rings. The Labute approximate surface area is 104 Å². The third-order valence-corrected chi connectivity index (χ3v) is 2.68. The second-order valence-electron chi connectivity index (χ2n) is 5.36. The summed E-state index contributed by atoms with van der Waals surface area (Å²) in [4.78, 5) is 25.2. The molecule has 17 heavy (non-hydrogen) atoms. The average Bonchev–Trinajstić information content (AvgIpc) is 2.11. The van der Waals surface area contributed by atoms with Crippen molar-refractivity contribution in [2.45, 2.75) is 46.8 Å². The maximum absolute atomic E-state index is 12.0. The van der Waals surface area contributed by atoms with E-state index in [9.17, 15) is 9.59 Å². The molecule has 0 aromatic rings. The summed E-state index contributed by atoms with van der Waals surface area (Å²) in [6.07, 6.45) is -0.635. The smallest absolute Gasteiger partial charge is 0.324 e. The molecule has 0 aliphatic carbocycles. The molecular formula is C13H25NO3. The Morgan fingerprint density at radius 2 is 1.47 bits per heavy atom. The fourth-order valence-corrected chi connectivity index (χ4v) is 1.96. The van der Waals surface area contributed by atoms with Gasteiger partial charge in [-0.15, -0.1) is 0 Å². The Morgan fingerprint density at radius 1 is 1.00 bits per heavy atom. The summed E-state index contributed by atoms with van der Waals surface area (Å²) in [7, 11) is 3.67. The Bertz CT molecular complexity index is 264. The minimum Gasteiger partial charge on any atom is -0.453 e. The van der Waals surface area contributed by atoms with Gasteiger partial charge in [0, 0.05) is 0 Å². The van der Waals surface area contributed by atoms with Gasteiger partial charge in [0.15, 0.2) is 11.9 Å².